The average molecular weight is 442 g/mol. The Morgan fingerprint density at radius 2 is 1.45 bits per heavy atom. The number of carbonyl (C=O) groups excluding carboxylic acids is 2. The topological polar surface area (TPSA) is 95.9 Å². The maximum absolute atomic E-state index is 12.8. The smallest absolute Gasteiger partial charge is 0.411 e. The highest BCUT2D eigenvalue weighted by Crippen LogP contribution is 2.44. The summed E-state index contributed by atoms with van der Waals surface area (Å²) in [5, 5.41) is 11.7. The number of carbonyl (C=O) groups is 3. The van der Waals surface area contributed by atoms with Gasteiger partial charge in [0.05, 0.1) is 17.2 Å². The molecule has 166 valence electrons. The van der Waals surface area contributed by atoms with Crippen molar-refractivity contribution in [1.29, 1.82) is 0 Å². The van der Waals surface area contributed by atoms with Gasteiger partial charge in [-0.05, 0) is 34.4 Å². The Hall–Kier alpha value is -4.13. The first-order chi connectivity index (χ1) is 16.0. The number of carboxylic acids is 1. The molecule has 1 saturated heterocycles. The van der Waals surface area contributed by atoms with Gasteiger partial charge in [-0.3, -0.25) is 14.9 Å². The fraction of sp³-hybridized carbons (Fsp3) is 0.192. The minimum absolute atomic E-state index is 0.0611. The molecule has 5 rings (SSSR count). The number of anilines is 1. The quantitative estimate of drug-likeness (QED) is 0.617. The van der Waals surface area contributed by atoms with Crippen molar-refractivity contribution in [2.75, 3.05) is 25.0 Å². The zero-order valence-electron chi connectivity index (χ0n) is 17.7. The number of likely N-dealkylation sites (tertiary alicyclic amines) is 1. The number of amides is 2. The molecule has 1 heterocycles. The Labute approximate surface area is 190 Å². The summed E-state index contributed by atoms with van der Waals surface area (Å²) in [5.74, 6) is -1.84. The normalized spacial score (nSPS) is 14.7. The van der Waals surface area contributed by atoms with Crippen molar-refractivity contribution in [3.8, 4) is 11.1 Å². The van der Waals surface area contributed by atoms with Crippen LogP contribution < -0.4 is 5.32 Å². The molecule has 33 heavy (non-hydrogen) atoms. The summed E-state index contributed by atoms with van der Waals surface area (Å²) in [4.78, 5) is 37.9. The molecule has 0 atom stereocenters. The van der Waals surface area contributed by atoms with Gasteiger partial charge in [-0.15, -0.1) is 0 Å². The lowest BCUT2D eigenvalue weighted by atomic mass is 9.98. The summed E-state index contributed by atoms with van der Waals surface area (Å²) in [5.41, 5.74) is 5.16. The predicted molar refractivity (Wildman–Crippen MR) is 122 cm³/mol. The summed E-state index contributed by atoms with van der Waals surface area (Å²) in [6.45, 7) is 0.489. The first kappa shape index (κ1) is 20.8. The van der Waals surface area contributed by atoms with Crippen LogP contribution in [-0.4, -0.2) is 47.7 Å². The van der Waals surface area contributed by atoms with Crippen molar-refractivity contribution in [2.45, 2.75) is 5.92 Å². The standard InChI is InChI=1S/C26H22N2O5/c29-24(28-13-16(14-28)25(30)31)21-11-5-6-12-23(21)27-26(32)33-15-22-19-9-3-1-7-17(19)18-8-2-4-10-20(18)22/h1-12,16,22H,13-15H2,(H,27,32)(H,30,31). The third kappa shape index (κ3) is 3.82. The first-order valence-corrected chi connectivity index (χ1v) is 10.8. The number of para-hydroxylation sites is 1. The lowest BCUT2D eigenvalue weighted by Crippen LogP contribution is -2.53. The number of nitrogens with one attached hydrogen (secondary N) is 1. The number of hydrogen-bond donors (Lipinski definition) is 2. The molecule has 0 bridgehead atoms. The zero-order chi connectivity index (χ0) is 22.9. The SMILES string of the molecule is O=C(Nc1ccccc1C(=O)N1CC(C(=O)O)C1)OCC1c2ccccc2-c2ccccc21. The molecule has 2 N–H and O–H groups in total. The van der Waals surface area contributed by atoms with Gasteiger partial charge in [0.25, 0.3) is 5.91 Å². The van der Waals surface area contributed by atoms with Crippen LogP contribution in [0.4, 0.5) is 10.5 Å². The van der Waals surface area contributed by atoms with Gasteiger partial charge in [0.1, 0.15) is 6.61 Å². The van der Waals surface area contributed by atoms with Crippen molar-refractivity contribution in [3.05, 3.63) is 89.5 Å². The third-order valence-electron chi connectivity index (χ3n) is 6.26. The molecule has 0 spiro atoms. The van der Waals surface area contributed by atoms with E-state index >= 15 is 0 Å². The van der Waals surface area contributed by atoms with E-state index in [4.69, 9.17) is 9.84 Å². The van der Waals surface area contributed by atoms with E-state index in [0.29, 0.717) is 11.3 Å². The van der Waals surface area contributed by atoms with Gasteiger partial charge in [0.15, 0.2) is 0 Å². The summed E-state index contributed by atoms with van der Waals surface area (Å²) in [7, 11) is 0. The van der Waals surface area contributed by atoms with Crippen LogP contribution in [0.25, 0.3) is 11.1 Å². The third-order valence-corrected chi connectivity index (χ3v) is 6.26. The summed E-state index contributed by atoms with van der Waals surface area (Å²) in [6, 6.07) is 22.8. The van der Waals surface area contributed by atoms with Crippen LogP contribution in [0.1, 0.15) is 27.4 Å². The predicted octanol–water partition coefficient (Wildman–Crippen LogP) is 4.20. The summed E-state index contributed by atoms with van der Waals surface area (Å²) < 4.78 is 5.57. The van der Waals surface area contributed by atoms with Gasteiger partial charge in [-0.1, -0.05) is 60.7 Å². The van der Waals surface area contributed by atoms with Crippen LogP contribution in [-0.2, 0) is 9.53 Å². The zero-order valence-corrected chi connectivity index (χ0v) is 17.7. The Morgan fingerprint density at radius 1 is 0.879 bits per heavy atom. The minimum Gasteiger partial charge on any atom is -0.481 e. The fourth-order valence-electron chi connectivity index (χ4n) is 4.49. The molecule has 0 aromatic heterocycles. The van der Waals surface area contributed by atoms with E-state index in [1.807, 2.05) is 36.4 Å². The molecule has 1 aliphatic carbocycles. The van der Waals surface area contributed by atoms with Crippen LogP contribution in [0.2, 0.25) is 0 Å². The molecule has 2 amide bonds. The second-order valence-corrected chi connectivity index (χ2v) is 8.24. The molecular formula is C26H22N2O5. The number of benzene rings is 3. The Bertz CT molecular complexity index is 1200. The van der Waals surface area contributed by atoms with E-state index in [9.17, 15) is 14.4 Å². The lowest BCUT2D eigenvalue weighted by molar-refractivity contribution is -0.146. The Morgan fingerprint density at radius 3 is 2.09 bits per heavy atom. The number of aliphatic carboxylic acids is 1. The summed E-state index contributed by atoms with van der Waals surface area (Å²) in [6.07, 6.45) is -0.649. The lowest BCUT2D eigenvalue weighted by Gasteiger charge is -2.37. The number of nitrogens with zero attached hydrogens (tertiary/aromatic N) is 1. The molecule has 0 saturated carbocycles. The highest BCUT2D eigenvalue weighted by molar-refractivity contribution is 6.03. The second-order valence-electron chi connectivity index (χ2n) is 8.24. The Balaban J connectivity index is 1.27. The highest BCUT2D eigenvalue weighted by Gasteiger charge is 2.36. The van der Waals surface area contributed by atoms with Gasteiger partial charge in [-0.2, -0.15) is 0 Å². The molecular weight excluding hydrogens is 420 g/mol. The number of hydrogen-bond acceptors (Lipinski definition) is 4. The van der Waals surface area contributed by atoms with Crippen molar-refractivity contribution >= 4 is 23.7 Å². The van der Waals surface area contributed by atoms with E-state index in [0.717, 1.165) is 22.3 Å². The first-order valence-electron chi connectivity index (χ1n) is 10.8. The van der Waals surface area contributed by atoms with E-state index in [-0.39, 0.29) is 31.5 Å². The van der Waals surface area contributed by atoms with Gasteiger partial charge in [0, 0.05) is 19.0 Å². The van der Waals surface area contributed by atoms with Crippen molar-refractivity contribution in [3.63, 3.8) is 0 Å². The van der Waals surface area contributed by atoms with Crippen LogP contribution in [0.3, 0.4) is 0 Å². The van der Waals surface area contributed by atoms with E-state index in [1.54, 1.807) is 24.3 Å². The van der Waals surface area contributed by atoms with Crippen LogP contribution >= 0.6 is 0 Å². The van der Waals surface area contributed by atoms with Gasteiger partial charge in [0.2, 0.25) is 0 Å². The molecule has 0 unspecified atom stereocenters. The van der Waals surface area contributed by atoms with E-state index in [2.05, 4.69) is 17.4 Å². The maximum atomic E-state index is 12.8. The second kappa shape index (κ2) is 8.43. The number of rotatable bonds is 5. The molecule has 0 radical (unpaired) electrons. The van der Waals surface area contributed by atoms with Gasteiger partial charge < -0.3 is 14.7 Å². The highest BCUT2D eigenvalue weighted by atomic mass is 16.5. The largest absolute Gasteiger partial charge is 0.481 e. The van der Waals surface area contributed by atoms with Crippen molar-refractivity contribution < 1.29 is 24.2 Å². The molecule has 3 aromatic rings. The minimum atomic E-state index is -0.913. The molecule has 7 nitrogen and oxygen atoms in total. The van der Waals surface area contributed by atoms with Gasteiger partial charge in [-0.25, -0.2) is 4.79 Å². The average Bonchev–Trinajstić information content (AvgIpc) is 3.10. The van der Waals surface area contributed by atoms with Crippen molar-refractivity contribution in [1.82, 2.24) is 4.90 Å². The molecule has 1 fully saturated rings. The van der Waals surface area contributed by atoms with Crippen LogP contribution in [0.15, 0.2) is 72.8 Å². The fourth-order valence-corrected chi connectivity index (χ4v) is 4.49. The van der Waals surface area contributed by atoms with Crippen molar-refractivity contribution in [2.24, 2.45) is 5.92 Å². The van der Waals surface area contributed by atoms with Crippen LogP contribution in [0, 0.1) is 5.92 Å². The number of fused-ring (bicyclic) bond motifs is 3. The molecule has 3 aromatic carbocycles. The molecule has 7 heteroatoms. The summed E-state index contributed by atoms with van der Waals surface area (Å²) >= 11 is 0. The van der Waals surface area contributed by atoms with E-state index in [1.165, 1.54) is 4.90 Å². The van der Waals surface area contributed by atoms with Crippen LogP contribution in [0.5, 0.6) is 0 Å². The van der Waals surface area contributed by atoms with E-state index < -0.39 is 18.0 Å². The Kier molecular flexibility index (Phi) is 5.30. The molecule has 1 aliphatic heterocycles. The number of carboxylic acid groups (broad SMARTS) is 1. The maximum Gasteiger partial charge on any atom is 0.411 e. The number of ether oxygens (including phenoxy) is 1. The monoisotopic (exact) mass is 442 g/mol. The molecule has 2 aliphatic rings. The van der Waals surface area contributed by atoms with Gasteiger partial charge >= 0.3 is 12.1 Å².